The second-order valence-electron chi connectivity index (χ2n) is 6.98. The van der Waals surface area contributed by atoms with Crippen LogP contribution in [0, 0.1) is 0 Å². The number of aromatic nitrogens is 1. The van der Waals surface area contributed by atoms with Crippen molar-refractivity contribution >= 4 is 21.7 Å². The molecule has 1 aromatic heterocycles. The summed E-state index contributed by atoms with van der Waals surface area (Å²) < 4.78 is 11.1. The van der Waals surface area contributed by atoms with Crippen LogP contribution in [0.2, 0.25) is 0 Å². The average Bonchev–Trinajstić information content (AvgIpc) is 3.05. The molecular formula is C21H23NO2. The Morgan fingerprint density at radius 1 is 1.04 bits per heavy atom. The number of ether oxygens (including phenoxy) is 2. The monoisotopic (exact) mass is 321 g/mol. The maximum absolute atomic E-state index is 5.57. The van der Waals surface area contributed by atoms with Crippen LogP contribution in [0.5, 0.6) is 11.5 Å². The Morgan fingerprint density at radius 2 is 1.79 bits per heavy atom. The number of hydrogen-bond acceptors (Lipinski definition) is 3. The molecular weight excluding hydrogens is 298 g/mol. The summed E-state index contributed by atoms with van der Waals surface area (Å²) in [5.74, 6) is 2.62. The fourth-order valence-electron chi connectivity index (χ4n) is 3.63. The highest BCUT2D eigenvalue weighted by atomic mass is 16.7. The molecule has 4 rings (SSSR count). The minimum absolute atomic E-state index is 0.298. The maximum Gasteiger partial charge on any atom is 0.231 e. The third-order valence-electron chi connectivity index (χ3n) is 5.15. The first-order valence-electron chi connectivity index (χ1n) is 8.75. The zero-order valence-electron chi connectivity index (χ0n) is 14.7. The summed E-state index contributed by atoms with van der Waals surface area (Å²) in [4.78, 5) is 4.84. The molecule has 124 valence electrons. The second kappa shape index (κ2) is 5.66. The molecule has 0 radical (unpaired) electrons. The van der Waals surface area contributed by atoms with Crippen molar-refractivity contribution < 1.29 is 9.47 Å². The summed E-state index contributed by atoms with van der Waals surface area (Å²) in [6.45, 7) is 9.35. The van der Waals surface area contributed by atoms with E-state index in [9.17, 15) is 0 Å². The predicted octanol–water partition coefficient (Wildman–Crippen LogP) is 5.75. The highest BCUT2D eigenvalue weighted by molar-refractivity contribution is 6.07. The van der Waals surface area contributed by atoms with E-state index in [-0.39, 0.29) is 0 Å². The predicted molar refractivity (Wildman–Crippen MR) is 98.2 cm³/mol. The lowest BCUT2D eigenvalue weighted by Gasteiger charge is -2.20. The van der Waals surface area contributed by atoms with Crippen molar-refractivity contribution in [1.82, 2.24) is 4.98 Å². The minimum atomic E-state index is 0.298. The number of rotatable bonds is 3. The Balaban J connectivity index is 2.07. The van der Waals surface area contributed by atoms with Gasteiger partial charge < -0.3 is 9.47 Å². The van der Waals surface area contributed by atoms with Gasteiger partial charge in [-0.15, -0.1) is 0 Å². The number of fused-ring (bicyclic) bond motifs is 4. The zero-order chi connectivity index (χ0) is 16.8. The minimum Gasteiger partial charge on any atom is -0.454 e. The third-order valence-corrected chi connectivity index (χ3v) is 5.15. The lowest BCUT2D eigenvalue weighted by atomic mass is 9.86. The van der Waals surface area contributed by atoms with Gasteiger partial charge in [0.25, 0.3) is 0 Å². The quantitative estimate of drug-likeness (QED) is 0.575. The van der Waals surface area contributed by atoms with Crippen LogP contribution in [-0.4, -0.2) is 11.8 Å². The Hall–Kier alpha value is -2.29. The molecule has 24 heavy (non-hydrogen) atoms. The number of pyridine rings is 1. The van der Waals surface area contributed by atoms with E-state index in [0.29, 0.717) is 18.6 Å². The first-order valence-corrected chi connectivity index (χ1v) is 8.75. The van der Waals surface area contributed by atoms with E-state index >= 15 is 0 Å². The summed E-state index contributed by atoms with van der Waals surface area (Å²) >= 11 is 0. The van der Waals surface area contributed by atoms with Gasteiger partial charge in [0.05, 0.1) is 5.52 Å². The normalized spacial score (nSPS) is 14.7. The largest absolute Gasteiger partial charge is 0.454 e. The smallest absolute Gasteiger partial charge is 0.231 e. The van der Waals surface area contributed by atoms with Gasteiger partial charge in [-0.1, -0.05) is 39.8 Å². The molecule has 3 nitrogen and oxygen atoms in total. The molecule has 0 N–H and O–H groups in total. The maximum atomic E-state index is 5.57. The molecule has 1 unspecified atom stereocenters. The summed E-state index contributed by atoms with van der Waals surface area (Å²) in [6.07, 6.45) is 3.19. The molecule has 1 aliphatic rings. The topological polar surface area (TPSA) is 31.4 Å². The lowest BCUT2D eigenvalue weighted by molar-refractivity contribution is 0.174. The van der Waals surface area contributed by atoms with Crippen LogP contribution < -0.4 is 9.47 Å². The Morgan fingerprint density at radius 3 is 2.50 bits per heavy atom. The zero-order valence-corrected chi connectivity index (χ0v) is 14.7. The molecule has 2 aromatic carbocycles. The molecule has 3 aromatic rings. The van der Waals surface area contributed by atoms with Gasteiger partial charge in [0, 0.05) is 17.0 Å². The van der Waals surface area contributed by atoms with E-state index in [1.807, 2.05) is 0 Å². The highest BCUT2D eigenvalue weighted by Gasteiger charge is 2.20. The van der Waals surface area contributed by atoms with E-state index in [1.165, 1.54) is 16.5 Å². The Labute approximate surface area is 142 Å². The van der Waals surface area contributed by atoms with Gasteiger partial charge in [-0.25, -0.2) is 0 Å². The lowest BCUT2D eigenvalue weighted by Crippen LogP contribution is -2.03. The van der Waals surface area contributed by atoms with E-state index < -0.39 is 0 Å². The molecule has 2 heterocycles. The molecule has 0 spiro atoms. The van der Waals surface area contributed by atoms with Crippen LogP contribution in [0.1, 0.15) is 57.1 Å². The van der Waals surface area contributed by atoms with Crippen LogP contribution in [0.4, 0.5) is 0 Å². The van der Waals surface area contributed by atoms with Gasteiger partial charge in [0.2, 0.25) is 6.79 Å². The first kappa shape index (κ1) is 15.3. The van der Waals surface area contributed by atoms with Crippen molar-refractivity contribution in [2.75, 3.05) is 6.79 Å². The molecule has 3 heteroatoms. The summed E-state index contributed by atoms with van der Waals surface area (Å²) in [6, 6.07) is 8.53. The van der Waals surface area contributed by atoms with Crippen molar-refractivity contribution in [3.8, 4) is 11.5 Å². The molecule has 0 fully saturated rings. The summed E-state index contributed by atoms with van der Waals surface area (Å²) in [5.41, 5.74) is 3.86. The van der Waals surface area contributed by atoms with E-state index in [2.05, 4.69) is 58.2 Å². The molecule has 0 saturated carbocycles. The average molecular weight is 321 g/mol. The summed E-state index contributed by atoms with van der Waals surface area (Å²) in [5, 5.41) is 3.55. The van der Waals surface area contributed by atoms with E-state index in [4.69, 9.17) is 14.5 Å². The van der Waals surface area contributed by atoms with Crippen LogP contribution in [-0.2, 0) is 0 Å². The van der Waals surface area contributed by atoms with Crippen LogP contribution in [0.25, 0.3) is 21.7 Å². The fraction of sp³-hybridized carbons (Fsp3) is 0.381. The first-order chi connectivity index (χ1) is 11.6. The SMILES string of the molecule is CCC(C)c1c(C(C)C)cnc2c1ccc1cc3c(cc12)OCO3. The molecule has 0 saturated heterocycles. The van der Waals surface area contributed by atoms with Crippen molar-refractivity contribution in [2.45, 2.75) is 46.0 Å². The van der Waals surface area contributed by atoms with Gasteiger partial charge in [-0.2, -0.15) is 0 Å². The van der Waals surface area contributed by atoms with Gasteiger partial charge in [-0.05, 0) is 46.9 Å². The van der Waals surface area contributed by atoms with Crippen molar-refractivity contribution in [2.24, 2.45) is 0 Å². The molecule has 0 bridgehead atoms. The van der Waals surface area contributed by atoms with E-state index in [1.54, 1.807) is 0 Å². The van der Waals surface area contributed by atoms with Gasteiger partial charge in [0.1, 0.15) is 0 Å². The van der Waals surface area contributed by atoms with Crippen molar-refractivity contribution in [3.63, 3.8) is 0 Å². The molecule has 1 atom stereocenters. The van der Waals surface area contributed by atoms with Crippen molar-refractivity contribution in [3.05, 3.63) is 41.6 Å². The second-order valence-corrected chi connectivity index (χ2v) is 6.98. The van der Waals surface area contributed by atoms with E-state index in [0.717, 1.165) is 34.2 Å². The standard InChI is InChI=1S/C21H23NO2/c1-5-13(4)20-15-7-6-14-8-18-19(24-11-23-18)9-16(14)21(15)22-10-17(20)12(2)3/h6-10,12-13H,5,11H2,1-4H3. The Bertz CT molecular complexity index is 930. The Kier molecular flexibility index (Phi) is 3.60. The molecule has 0 aliphatic carbocycles. The third kappa shape index (κ3) is 2.22. The molecule has 1 aliphatic heterocycles. The number of benzene rings is 2. The highest BCUT2D eigenvalue weighted by Crippen LogP contribution is 2.40. The summed E-state index contributed by atoms with van der Waals surface area (Å²) in [7, 11) is 0. The van der Waals surface area contributed by atoms with Gasteiger partial charge in [0.15, 0.2) is 11.5 Å². The fourth-order valence-corrected chi connectivity index (χ4v) is 3.63. The number of hydrogen-bond donors (Lipinski definition) is 0. The van der Waals surface area contributed by atoms with Crippen molar-refractivity contribution in [1.29, 1.82) is 0 Å². The van der Waals surface area contributed by atoms with Crippen LogP contribution >= 0.6 is 0 Å². The van der Waals surface area contributed by atoms with Gasteiger partial charge in [-0.3, -0.25) is 4.98 Å². The van der Waals surface area contributed by atoms with Gasteiger partial charge >= 0.3 is 0 Å². The number of nitrogens with zero attached hydrogens (tertiary/aromatic N) is 1. The van der Waals surface area contributed by atoms with Crippen LogP contribution in [0.15, 0.2) is 30.5 Å². The van der Waals surface area contributed by atoms with Crippen LogP contribution in [0.3, 0.4) is 0 Å². The molecule has 0 amide bonds.